The lowest BCUT2D eigenvalue weighted by Crippen LogP contribution is -2.51. The number of nitrogens with zero attached hydrogens (tertiary/aromatic N) is 2. The molecule has 0 radical (unpaired) electrons. The van der Waals surface area contributed by atoms with Gasteiger partial charge in [-0.15, -0.1) is 0 Å². The normalized spacial score (nSPS) is 12.0. The number of anilines is 1. The number of carbonyl (C=O) groups excluding carboxylic acids is 2. The number of amides is 2. The zero-order valence-electron chi connectivity index (χ0n) is 22.2. The van der Waals surface area contributed by atoms with Crippen LogP contribution in [0, 0.1) is 6.92 Å². The molecule has 0 heterocycles. The Morgan fingerprint density at radius 2 is 1.69 bits per heavy atom. The molecule has 3 aromatic carbocycles. The molecule has 208 valence electrons. The first-order valence-electron chi connectivity index (χ1n) is 12.7. The minimum absolute atomic E-state index is 0.0289. The number of hydrogen-bond donors (Lipinski definition) is 1. The lowest BCUT2D eigenvalue weighted by atomic mass is 10.1. The first-order valence-corrected chi connectivity index (χ1v) is 14.9. The fourth-order valence-electron chi connectivity index (χ4n) is 3.94. The molecule has 0 aliphatic rings. The largest absolute Gasteiger partial charge is 0.354 e. The highest BCUT2D eigenvalue weighted by Gasteiger charge is 2.32. The van der Waals surface area contributed by atoms with E-state index >= 15 is 0 Å². The molecule has 0 fully saturated rings. The lowest BCUT2D eigenvalue weighted by Gasteiger charge is -2.32. The molecule has 0 bridgehead atoms. The quantitative estimate of drug-likeness (QED) is 0.269. The smallest absolute Gasteiger partial charge is 0.264 e. The molecule has 2 amide bonds. The molecule has 0 unspecified atom stereocenters. The van der Waals surface area contributed by atoms with Crippen molar-refractivity contribution in [2.45, 2.75) is 51.1 Å². The van der Waals surface area contributed by atoms with Crippen molar-refractivity contribution in [1.29, 1.82) is 0 Å². The molecule has 39 heavy (non-hydrogen) atoms. The van der Waals surface area contributed by atoms with Crippen LogP contribution >= 0.6 is 23.2 Å². The number of aryl methyl sites for hydroxylation is 1. The van der Waals surface area contributed by atoms with Gasteiger partial charge >= 0.3 is 0 Å². The molecule has 0 aliphatic carbocycles. The second-order valence-electron chi connectivity index (χ2n) is 9.23. The molecule has 0 spiro atoms. The summed E-state index contributed by atoms with van der Waals surface area (Å²) in [5, 5.41) is 3.72. The van der Waals surface area contributed by atoms with Crippen molar-refractivity contribution in [1.82, 2.24) is 10.2 Å². The van der Waals surface area contributed by atoms with E-state index < -0.39 is 28.5 Å². The summed E-state index contributed by atoms with van der Waals surface area (Å²) in [6.45, 7) is 5.46. The van der Waals surface area contributed by atoms with Gasteiger partial charge in [-0.3, -0.25) is 13.9 Å². The predicted octanol–water partition coefficient (Wildman–Crippen LogP) is 5.83. The van der Waals surface area contributed by atoms with Crippen molar-refractivity contribution >= 4 is 50.7 Å². The van der Waals surface area contributed by atoms with Gasteiger partial charge in [0.2, 0.25) is 11.8 Å². The van der Waals surface area contributed by atoms with E-state index in [1.165, 1.54) is 23.1 Å². The van der Waals surface area contributed by atoms with Crippen LogP contribution in [0.15, 0.2) is 77.7 Å². The number of rotatable bonds is 12. The first-order chi connectivity index (χ1) is 18.5. The Bertz CT molecular complexity index is 1400. The lowest BCUT2D eigenvalue weighted by molar-refractivity contribution is -0.139. The zero-order chi connectivity index (χ0) is 28.6. The summed E-state index contributed by atoms with van der Waals surface area (Å²) < 4.78 is 28.6. The third-order valence-electron chi connectivity index (χ3n) is 6.29. The maximum Gasteiger partial charge on any atom is 0.264 e. The van der Waals surface area contributed by atoms with Crippen LogP contribution in [0.3, 0.4) is 0 Å². The number of halogens is 2. The molecule has 3 rings (SSSR count). The number of hydrogen-bond acceptors (Lipinski definition) is 4. The highest BCUT2D eigenvalue weighted by molar-refractivity contribution is 7.92. The fourth-order valence-corrected chi connectivity index (χ4v) is 5.75. The minimum Gasteiger partial charge on any atom is -0.354 e. The molecule has 0 aliphatic heterocycles. The van der Waals surface area contributed by atoms with Gasteiger partial charge in [-0.2, -0.15) is 0 Å². The Morgan fingerprint density at radius 1 is 0.974 bits per heavy atom. The molecular formula is C29H33Cl2N3O4S. The van der Waals surface area contributed by atoms with E-state index in [4.69, 9.17) is 23.2 Å². The van der Waals surface area contributed by atoms with E-state index in [9.17, 15) is 18.0 Å². The van der Waals surface area contributed by atoms with Gasteiger partial charge in [-0.1, -0.05) is 72.9 Å². The Hall–Kier alpha value is -3.07. The van der Waals surface area contributed by atoms with Gasteiger partial charge in [0.15, 0.2) is 0 Å². The average Bonchev–Trinajstić information content (AvgIpc) is 2.92. The number of benzene rings is 3. The number of sulfonamides is 1. The molecule has 10 heteroatoms. The van der Waals surface area contributed by atoms with Crippen LogP contribution in [0.4, 0.5) is 5.69 Å². The van der Waals surface area contributed by atoms with Crippen molar-refractivity contribution < 1.29 is 18.0 Å². The molecule has 0 saturated carbocycles. The predicted molar refractivity (Wildman–Crippen MR) is 157 cm³/mol. The van der Waals surface area contributed by atoms with Crippen LogP contribution in [0.1, 0.15) is 37.8 Å². The van der Waals surface area contributed by atoms with Crippen molar-refractivity contribution in [2.75, 3.05) is 17.4 Å². The topological polar surface area (TPSA) is 86.8 Å². The number of nitrogens with one attached hydrogen (secondary N) is 1. The summed E-state index contributed by atoms with van der Waals surface area (Å²) in [7, 11) is -4.15. The van der Waals surface area contributed by atoms with Gasteiger partial charge < -0.3 is 10.2 Å². The Morgan fingerprint density at radius 3 is 2.33 bits per heavy atom. The van der Waals surface area contributed by atoms with E-state index in [1.54, 1.807) is 68.4 Å². The van der Waals surface area contributed by atoms with Gasteiger partial charge in [0, 0.05) is 23.1 Å². The second-order valence-corrected chi connectivity index (χ2v) is 11.9. The maximum atomic E-state index is 13.9. The van der Waals surface area contributed by atoms with Gasteiger partial charge in [0.1, 0.15) is 12.6 Å². The maximum absolute atomic E-state index is 13.9. The zero-order valence-corrected chi connectivity index (χ0v) is 24.6. The monoisotopic (exact) mass is 589 g/mol. The summed E-state index contributed by atoms with van der Waals surface area (Å²) >= 11 is 12.5. The van der Waals surface area contributed by atoms with Gasteiger partial charge in [-0.05, 0) is 67.8 Å². The Kier molecular flexibility index (Phi) is 10.8. The van der Waals surface area contributed by atoms with Crippen molar-refractivity contribution in [3.05, 3.63) is 94.0 Å². The van der Waals surface area contributed by atoms with Crippen LogP contribution in [0.25, 0.3) is 0 Å². The first kappa shape index (κ1) is 30.5. The van der Waals surface area contributed by atoms with Gasteiger partial charge in [0.25, 0.3) is 10.0 Å². The van der Waals surface area contributed by atoms with E-state index in [2.05, 4.69) is 5.32 Å². The van der Waals surface area contributed by atoms with Gasteiger partial charge in [-0.25, -0.2) is 8.42 Å². The highest BCUT2D eigenvalue weighted by atomic mass is 35.5. The van der Waals surface area contributed by atoms with Crippen LogP contribution < -0.4 is 9.62 Å². The molecule has 1 N–H and O–H groups in total. The summed E-state index contributed by atoms with van der Waals surface area (Å²) in [6.07, 6.45) is 1.71. The van der Waals surface area contributed by atoms with Crippen LogP contribution in [0.2, 0.25) is 10.0 Å². The average molecular weight is 591 g/mol. The molecule has 0 saturated heterocycles. The summed E-state index contributed by atoms with van der Waals surface area (Å²) in [5.74, 6) is -0.876. The van der Waals surface area contributed by atoms with Crippen molar-refractivity contribution in [3.63, 3.8) is 0 Å². The molecule has 1 atom stereocenters. The minimum atomic E-state index is -4.15. The van der Waals surface area contributed by atoms with E-state index in [1.807, 2.05) is 6.92 Å². The third-order valence-corrected chi connectivity index (χ3v) is 8.72. The SMILES string of the molecule is CCCCNC(=O)[C@@H](C)N(Cc1cccc(Cl)c1)C(=O)CN(c1ccc(C)c(Cl)c1)S(=O)(=O)c1ccccc1. The Labute approximate surface area is 240 Å². The number of unbranched alkanes of at least 4 members (excludes halogenated alkanes) is 1. The standard InChI is InChI=1S/C29H33Cl2N3O4S/c1-4-5-16-32-29(36)22(3)33(19-23-10-9-11-24(30)17-23)28(35)20-34(25-15-14-21(2)27(31)18-25)39(37,38)26-12-7-6-8-13-26/h6-15,17-18,22H,4-5,16,19-20H2,1-3H3,(H,32,36)/t22-/m1/s1. The fraction of sp³-hybridized carbons (Fsp3) is 0.310. The van der Waals surface area contributed by atoms with Gasteiger partial charge in [0.05, 0.1) is 10.6 Å². The second kappa shape index (κ2) is 13.8. The van der Waals surface area contributed by atoms with E-state index in [0.29, 0.717) is 22.2 Å². The highest BCUT2D eigenvalue weighted by Crippen LogP contribution is 2.28. The third kappa shape index (κ3) is 7.97. The number of carbonyl (C=O) groups is 2. The Balaban J connectivity index is 2.01. The molecular weight excluding hydrogens is 557 g/mol. The molecule has 3 aromatic rings. The van der Waals surface area contributed by atoms with Crippen molar-refractivity contribution in [2.24, 2.45) is 0 Å². The summed E-state index contributed by atoms with van der Waals surface area (Å²) in [4.78, 5) is 28.3. The van der Waals surface area contributed by atoms with E-state index in [-0.39, 0.29) is 23.0 Å². The molecule has 7 nitrogen and oxygen atoms in total. The summed E-state index contributed by atoms with van der Waals surface area (Å²) in [6, 6.07) is 18.8. The van der Waals surface area contributed by atoms with Crippen molar-refractivity contribution in [3.8, 4) is 0 Å². The molecule has 0 aromatic heterocycles. The van der Waals surface area contributed by atoms with E-state index in [0.717, 1.165) is 22.7 Å². The van der Waals surface area contributed by atoms with Crippen LogP contribution in [-0.2, 0) is 26.2 Å². The summed E-state index contributed by atoms with van der Waals surface area (Å²) in [5.41, 5.74) is 1.72. The van der Waals surface area contributed by atoms with Crippen LogP contribution in [-0.4, -0.2) is 44.3 Å². The van der Waals surface area contributed by atoms with Crippen LogP contribution in [0.5, 0.6) is 0 Å².